The van der Waals surface area contributed by atoms with E-state index >= 15 is 0 Å². The van der Waals surface area contributed by atoms with Gasteiger partial charge in [0.2, 0.25) is 12.6 Å². The first-order valence-corrected chi connectivity index (χ1v) is 13.5. The fourth-order valence-corrected chi connectivity index (χ4v) is 4.73. The minimum absolute atomic E-state index is 0.232. The lowest BCUT2D eigenvalue weighted by atomic mass is 9.98. The summed E-state index contributed by atoms with van der Waals surface area (Å²) in [6.07, 6.45) is -20.7. The SMILES string of the molecule is O=C(/C=C/c1ccc(O)c(O[C@@H]2O[C@H](CO)[C@@H](O)[C@H](O)[C@H]2O)c1)O[C@@H]1O[C@H](CO)[C@@H](O)[C@H](O)[C@H]1O[C@H]1CO[C@@H](O)[C@@H](O)[C@@H]1O. The molecule has 11 N–H and O–H groups in total. The average Bonchev–Trinajstić information content (AvgIpc) is 3.01. The number of carbonyl (C=O) groups is 1. The molecule has 4 rings (SSSR count). The summed E-state index contributed by atoms with van der Waals surface area (Å²) in [7, 11) is 0. The number of ether oxygens (including phenoxy) is 6. The molecule has 18 heteroatoms. The molecule has 0 bridgehead atoms. The molecule has 3 aliphatic heterocycles. The average molecular weight is 637 g/mol. The number of rotatable bonds is 9. The molecule has 0 radical (unpaired) electrons. The van der Waals surface area contributed by atoms with Gasteiger partial charge >= 0.3 is 5.97 Å². The summed E-state index contributed by atoms with van der Waals surface area (Å²) in [6.45, 7) is -1.93. The summed E-state index contributed by atoms with van der Waals surface area (Å²) in [5.41, 5.74) is 0.232. The highest BCUT2D eigenvalue weighted by atomic mass is 16.7. The number of phenolic OH excluding ortho intramolecular Hbond substituents is 1. The molecule has 0 aromatic heterocycles. The van der Waals surface area contributed by atoms with E-state index in [1.54, 1.807) is 0 Å². The minimum atomic E-state index is -1.81. The summed E-state index contributed by atoms with van der Waals surface area (Å²) >= 11 is 0. The topological polar surface area (TPSA) is 295 Å². The Kier molecular flexibility index (Phi) is 11.5. The van der Waals surface area contributed by atoms with Crippen molar-refractivity contribution in [1.82, 2.24) is 0 Å². The summed E-state index contributed by atoms with van der Waals surface area (Å²) < 4.78 is 31.8. The fourth-order valence-electron chi connectivity index (χ4n) is 4.73. The maximum Gasteiger partial charge on any atom is 0.333 e. The molecule has 0 unspecified atom stereocenters. The van der Waals surface area contributed by atoms with Crippen molar-refractivity contribution in [3.8, 4) is 11.5 Å². The lowest BCUT2D eigenvalue weighted by Gasteiger charge is -2.44. The summed E-state index contributed by atoms with van der Waals surface area (Å²) in [6, 6.07) is 3.75. The largest absolute Gasteiger partial charge is 0.504 e. The second kappa shape index (κ2) is 14.7. The zero-order valence-corrected chi connectivity index (χ0v) is 22.9. The van der Waals surface area contributed by atoms with Crippen LogP contribution in [0.4, 0.5) is 0 Å². The normalized spacial score (nSPS) is 41.4. The molecule has 248 valence electrons. The van der Waals surface area contributed by atoms with E-state index in [9.17, 15) is 61.0 Å². The van der Waals surface area contributed by atoms with Crippen LogP contribution in [0.2, 0.25) is 0 Å². The Bertz CT molecular complexity index is 1130. The van der Waals surface area contributed by atoms with E-state index in [4.69, 9.17) is 28.4 Å². The maximum atomic E-state index is 12.7. The quantitative estimate of drug-likeness (QED) is 0.0889. The van der Waals surface area contributed by atoms with Gasteiger partial charge in [0.1, 0.15) is 67.1 Å². The number of hydrogen-bond donors (Lipinski definition) is 11. The number of aromatic hydroxyl groups is 1. The lowest BCUT2D eigenvalue weighted by molar-refractivity contribution is -0.329. The highest BCUT2D eigenvalue weighted by Crippen LogP contribution is 2.32. The second-order valence-electron chi connectivity index (χ2n) is 10.4. The first-order valence-electron chi connectivity index (χ1n) is 13.5. The number of hydrogen-bond acceptors (Lipinski definition) is 18. The van der Waals surface area contributed by atoms with E-state index in [-0.39, 0.29) is 11.3 Å². The second-order valence-corrected chi connectivity index (χ2v) is 10.4. The fraction of sp³-hybridized carbons (Fsp3) is 0.654. The van der Waals surface area contributed by atoms with Crippen molar-refractivity contribution >= 4 is 12.0 Å². The van der Waals surface area contributed by atoms with E-state index in [2.05, 4.69) is 0 Å². The monoisotopic (exact) mass is 636 g/mol. The zero-order valence-electron chi connectivity index (χ0n) is 22.9. The predicted octanol–water partition coefficient (Wildman–Crippen LogP) is -5.61. The van der Waals surface area contributed by atoms with Gasteiger partial charge in [-0.25, -0.2) is 4.79 Å². The Labute approximate surface area is 249 Å². The van der Waals surface area contributed by atoms with Gasteiger partial charge in [-0.3, -0.25) is 0 Å². The van der Waals surface area contributed by atoms with Crippen LogP contribution in [-0.4, -0.2) is 168 Å². The van der Waals surface area contributed by atoms with Gasteiger partial charge in [-0.15, -0.1) is 0 Å². The van der Waals surface area contributed by atoms with E-state index in [1.165, 1.54) is 24.3 Å². The molecule has 3 aliphatic rings. The molecule has 3 heterocycles. The van der Waals surface area contributed by atoms with Crippen LogP contribution in [0.1, 0.15) is 5.56 Å². The van der Waals surface area contributed by atoms with Crippen LogP contribution < -0.4 is 4.74 Å². The third-order valence-corrected chi connectivity index (χ3v) is 7.33. The molecule has 3 saturated heterocycles. The third kappa shape index (κ3) is 7.46. The van der Waals surface area contributed by atoms with Crippen LogP contribution in [0, 0.1) is 0 Å². The summed E-state index contributed by atoms with van der Waals surface area (Å²) in [5, 5.41) is 110. The highest BCUT2D eigenvalue weighted by Gasteiger charge is 2.50. The molecular weight excluding hydrogens is 600 g/mol. The first-order chi connectivity index (χ1) is 20.9. The first kappa shape index (κ1) is 34.3. The Morgan fingerprint density at radius 3 is 2.11 bits per heavy atom. The number of aliphatic hydroxyl groups is 10. The Morgan fingerprint density at radius 2 is 1.45 bits per heavy atom. The Hall–Kier alpha value is -2.53. The van der Waals surface area contributed by atoms with Gasteiger partial charge in [0.25, 0.3) is 0 Å². The van der Waals surface area contributed by atoms with Gasteiger partial charge < -0.3 is 84.6 Å². The number of carbonyl (C=O) groups excluding carboxylic acids is 1. The van der Waals surface area contributed by atoms with Gasteiger partial charge in [0.15, 0.2) is 17.8 Å². The van der Waals surface area contributed by atoms with Crippen LogP contribution in [0.15, 0.2) is 24.3 Å². The highest BCUT2D eigenvalue weighted by molar-refractivity contribution is 5.87. The smallest absolute Gasteiger partial charge is 0.333 e. The van der Waals surface area contributed by atoms with Crippen LogP contribution in [0.3, 0.4) is 0 Å². The number of esters is 1. The molecule has 0 aliphatic carbocycles. The molecule has 0 saturated carbocycles. The molecule has 0 amide bonds. The molecule has 1 aromatic carbocycles. The van der Waals surface area contributed by atoms with Gasteiger partial charge in [-0.05, 0) is 23.8 Å². The maximum absolute atomic E-state index is 12.7. The van der Waals surface area contributed by atoms with Crippen LogP contribution in [0.5, 0.6) is 11.5 Å². The van der Waals surface area contributed by atoms with Crippen molar-refractivity contribution in [2.75, 3.05) is 19.8 Å². The summed E-state index contributed by atoms with van der Waals surface area (Å²) in [4.78, 5) is 12.7. The van der Waals surface area contributed by atoms with E-state index in [0.29, 0.717) is 0 Å². The molecular formula is C26H36O18. The minimum Gasteiger partial charge on any atom is -0.504 e. The van der Waals surface area contributed by atoms with Crippen LogP contribution >= 0.6 is 0 Å². The predicted molar refractivity (Wildman–Crippen MR) is 138 cm³/mol. The molecule has 3 fully saturated rings. The van der Waals surface area contributed by atoms with Crippen molar-refractivity contribution < 1.29 is 89.4 Å². The van der Waals surface area contributed by atoms with Crippen LogP contribution in [0.25, 0.3) is 6.08 Å². The van der Waals surface area contributed by atoms with Crippen LogP contribution in [-0.2, 0) is 28.5 Å². The van der Waals surface area contributed by atoms with Gasteiger partial charge in [0, 0.05) is 6.08 Å². The number of benzene rings is 1. The van der Waals surface area contributed by atoms with Crippen molar-refractivity contribution in [2.24, 2.45) is 0 Å². The van der Waals surface area contributed by atoms with Gasteiger partial charge in [-0.1, -0.05) is 6.07 Å². The zero-order chi connectivity index (χ0) is 32.3. The molecule has 44 heavy (non-hydrogen) atoms. The summed E-state index contributed by atoms with van der Waals surface area (Å²) in [5.74, 6) is -1.77. The molecule has 18 nitrogen and oxygen atoms in total. The van der Waals surface area contributed by atoms with Gasteiger partial charge in [-0.2, -0.15) is 0 Å². The van der Waals surface area contributed by atoms with Gasteiger partial charge in [0.05, 0.1) is 19.8 Å². The molecule has 1 aromatic rings. The van der Waals surface area contributed by atoms with Crippen molar-refractivity contribution in [3.63, 3.8) is 0 Å². The third-order valence-electron chi connectivity index (χ3n) is 7.33. The number of phenols is 1. The van der Waals surface area contributed by atoms with E-state index < -0.39 is 118 Å². The standard InChI is InChI=1S/C26H36O18/c27-6-12-16(31)19(34)22(37)25(42-12)41-11-5-9(1-3-10(11)29)2-4-15(30)44-26-23(20(35)17(32)13(7-28)43-26)40-14-8-39-24(38)21(36)18(14)33/h1-5,12-14,16-29,31-38H,6-8H2/b4-2+/t12-,13-,14+,16-,17-,18-,19+,20+,21+,22-,23-,24-,25-,26+/m1/s1. The van der Waals surface area contributed by atoms with Crippen molar-refractivity contribution in [3.05, 3.63) is 29.8 Å². The van der Waals surface area contributed by atoms with E-state index in [1.807, 2.05) is 0 Å². The molecule has 14 atom stereocenters. The molecule has 0 spiro atoms. The van der Waals surface area contributed by atoms with Crippen molar-refractivity contribution in [1.29, 1.82) is 0 Å². The Balaban J connectivity index is 1.45. The van der Waals surface area contributed by atoms with Crippen molar-refractivity contribution in [2.45, 2.75) is 86.0 Å². The lowest BCUT2D eigenvalue weighted by Crippen LogP contribution is -2.63. The number of aliphatic hydroxyl groups excluding tert-OH is 10. The van der Waals surface area contributed by atoms with E-state index in [0.717, 1.165) is 6.08 Å². The Morgan fingerprint density at radius 1 is 0.818 bits per heavy atom.